The fourth-order valence-electron chi connectivity index (χ4n) is 1.60. The molecule has 0 saturated carbocycles. The summed E-state index contributed by atoms with van der Waals surface area (Å²) in [7, 11) is 0. The number of rotatable bonds is 3. The van der Waals surface area contributed by atoms with Gasteiger partial charge in [-0.25, -0.2) is 4.79 Å². The van der Waals surface area contributed by atoms with Crippen molar-refractivity contribution in [3.63, 3.8) is 0 Å². The van der Waals surface area contributed by atoms with E-state index in [4.69, 9.17) is 10.5 Å². The van der Waals surface area contributed by atoms with Gasteiger partial charge >= 0.3 is 6.09 Å². The maximum absolute atomic E-state index is 12.2. The molecule has 0 radical (unpaired) electrons. The van der Waals surface area contributed by atoms with Crippen molar-refractivity contribution >= 4 is 11.8 Å². The minimum absolute atomic E-state index is 0.0763. The molecule has 106 valence electrons. The second-order valence-electron chi connectivity index (χ2n) is 5.94. The Bertz CT molecular complexity index is 419. The molecule has 0 unspecified atom stereocenters. The number of amides is 1. The molecule has 0 bridgehead atoms. The molecule has 1 aromatic carbocycles. The van der Waals surface area contributed by atoms with Gasteiger partial charge < -0.3 is 15.4 Å². The average molecular weight is 264 g/mol. The summed E-state index contributed by atoms with van der Waals surface area (Å²) in [5.74, 6) is 0. The van der Waals surface area contributed by atoms with Crippen LogP contribution in [0.4, 0.5) is 10.5 Å². The van der Waals surface area contributed by atoms with Crippen LogP contribution in [0, 0.1) is 0 Å². The summed E-state index contributed by atoms with van der Waals surface area (Å²) in [5.41, 5.74) is 6.93. The Hall–Kier alpha value is -1.71. The SMILES string of the molecule is CC(C)N(Cc1ccc(N)cc1)C(=O)OC(C)(C)C. The van der Waals surface area contributed by atoms with Gasteiger partial charge in [0.1, 0.15) is 5.60 Å². The van der Waals surface area contributed by atoms with Gasteiger partial charge in [0.2, 0.25) is 0 Å². The molecule has 4 nitrogen and oxygen atoms in total. The van der Waals surface area contributed by atoms with Crippen molar-refractivity contribution < 1.29 is 9.53 Å². The van der Waals surface area contributed by atoms with Gasteiger partial charge in [-0.2, -0.15) is 0 Å². The molecule has 0 aromatic heterocycles. The van der Waals surface area contributed by atoms with Crippen molar-refractivity contribution in [2.24, 2.45) is 0 Å². The highest BCUT2D eigenvalue weighted by atomic mass is 16.6. The van der Waals surface area contributed by atoms with Crippen LogP contribution in [0.2, 0.25) is 0 Å². The third-order valence-electron chi connectivity index (χ3n) is 2.58. The molecule has 1 aromatic rings. The van der Waals surface area contributed by atoms with E-state index in [2.05, 4.69) is 0 Å². The van der Waals surface area contributed by atoms with E-state index in [9.17, 15) is 4.79 Å². The lowest BCUT2D eigenvalue weighted by molar-refractivity contribution is 0.0172. The third kappa shape index (κ3) is 5.20. The van der Waals surface area contributed by atoms with Gasteiger partial charge in [0.05, 0.1) is 0 Å². The Kier molecular flexibility index (Phi) is 4.81. The number of nitrogens with zero attached hydrogens (tertiary/aromatic N) is 1. The van der Waals surface area contributed by atoms with Gasteiger partial charge in [0.25, 0.3) is 0 Å². The number of ether oxygens (including phenoxy) is 1. The molecule has 1 rings (SSSR count). The van der Waals surface area contributed by atoms with Gasteiger partial charge in [-0.05, 0) is 52.3 Å². The molecule has 1 amide bonds. The zero-order chi connectivity index (χ0) is 14.6. The fraction of sp³-hybridized carbons (Fsp3) is 0.533. The van der Waals surface area contributed by atoms with Gasteiger partial charge in [-0.1, -0.05) is 12.1 Å². The van der Waals surface area contributed by atoms with Crippen LogP contribution >= 0.6 is 0 Å². The van der Waals surface area contributed by atoms with E-state index in [-0.39, 0.29) is 12.1 Å². The molecule has 0 aliphatic carbocycles. The van der Waals surface area contributed by atoms with E-state index in [1.54, 1.807) is 4.90 Å². The average Bonchev–Trinajstić information content (AvgIpc) is 2.25. The number of benzene rings is 1. The summed E-state index contributed by atoms with van der Waals surface area (Å²) >= 11 is 0. The lowest BCUT2D eigenvalue weighted by atomic mass is 10.1. The van der Waals surface area contributed by atoms with E-state index >= 15 is 0 Å². The minimum Gasteiger partial charge on any atom is -0.444 e. The Labute approximate surface area is 115 Å². The lowest BCUT2D eigenvalue weighted by Gasteiger charge is -2.30. The Balaban J connectivity index is 2.78. The monoisotopic (exact) mass is 264 g/mol. The van der Waals surface area contributed by atoms with E-state index in [0.717, 1.165) is 11.3 Å². The molecule has 0 spiro atoms. The number of hydrogen-bond acceptors (Lipinski definition) is 3. The first-order chi connectivity index (χ1) is 8.69. The van der Waals surface area contributed by atoms with Crippen LogP contribution < -0.4 is 5.73 Å². The van der Waals surface area contributed by atoms with Crippen molar-refractivity contribution in [2.45, 2.75) is 52.8 Å². The summed E-state index contributed by atoms with van der Waals surface area (Å²) in [6.45, 7) is 10.1. The van der Waals surface area contributed by atoms with Gasteiger partial charge in [-0.15, -0.1) is 0 Å². The quantitative estimate of drug-likeness (QED) is 0.851. The first-order valence-electron chi connectivity index (χ1n) is 6.53. The van der Waals surface area contributed by atoms with Crippen LogP contribution in [-0.2, 0) is 11.3 Å². The highest BCUT2D eigenvalue weighted by Gasteiger charge is 2.24. The number of carbonyl (C=O) groups is 1. The number of carbonyl (C=O) groups excluding carboxylic acids is 1. The second kappa shape index (κ2) is 5.95. The maximum Gasteiger partial charge on any atom is 0.410 e. The molecular formula is C15H24N2O2. The van der Waals surface area contributed by atoms with E-state index in [0.29, 0.717) is 6.54 Å². The predicted octanol–water partition coefficient (Wildman–Crippen LogP) is 3.41. The van der Waals surface area contributed by atoms with Crippen LogP contribution in [0.1, 0.15) is 40.2 Å². The molecule has 2 N–H and O–H groups in total. The molecule has 0 aliphatic heterocycles. The Morgan fingerprint density at radius 3 is 2.21 bits per heavy atom. The van der Waals surface area contributed by atoms with Crippen molar-refractivity contribution in [2.75, 3.05) is 5.73 Å². The molecule has 19 heavy (non-hydrogen) atoms. The number of anilines is 1. The molecule has 4 heteroatoms. The summed E-state index contributed by atoms with van der Waals surface area (Å²) in [4.78, 5) is 13.9. The van der Waals surface area contributed by atoms with Crippen molar-refractivity contribution in [1.82, 2.24) is 4.90 Å². The van der Waals surface area contributed by atoms with Gasteiger partial charge in [0.15, 0.2) is 0 Å². The van der Waals surface area contributed by atoms with Crippen LogP contribution in [0.3, 0.4) is 0 Å². The van der Waals surface area contributed by atoms with E-state index in [1.807, 2.05) is 58.9 Å². The summed E-state index contributed by atoms with van der Waals surface area (Å²) in [6, 6.07) is 7.60. The summed E-state index contributed by atoms with van der Waals surface area (Å²) in [5, 5.41) is 0. The molecule has 0 aliphatic rings. The van der Waals surface area contributed by atoms with Crippen molar-refractivity contribution in [3.8, 4) is 0 Å². The van der Waals surface area contributed by atoms with Gasteiger partial charge in [-0.3, -0.25) is 0 Å². The third-order valence-corrected chi connectivity index (χ3v) is 2.58. The smallest absolute Gasteiger partial charge is 0.410 e. The topological polar surface area (TPSA) is 55.6 Å². The number of hydrogen-bond donors (Lipinski definition) is 1. The lowest BCUT2D eigenvalue weighted by Crippen LogP contribution is -2.40. The van der Waals surface area contributed by atoms with Crippen LogP contribution in [-0.4, -0.2) is 22.6 Å². The molecule has 0 heterocycles. The molecule has 0 atom stereocenters. The van der Waals surface area contributed by atoms with Crippen LogP contribution in [0.25, 0.3) is 0 Å². The zero-order valence-corrected chi connectivity index (χ0v) is 12.4. The molecular weight excluding hydrogens is 240 g/mol. The standard InChI is InChI=1S/C15H24N2O2/c1-11(2)17(14(18)19-15(3,4)5)10-12-6-8-13(16)9-7-12/h6-9,11H,10,16H2,1-5H3. The predicted molar refractivity (Wildman–Crippen MR) is 77.8 cm³/mol. The second-order valence-corrected chi connectivity index (χ2v) is 5.94. The molecule has 0 saturated heterocycles. The molecule has 0 fully saturated rings. The number of nitrogen functional groups attached to an aromatic ring is 1. The van der Waals surface area contributed by atoms with Gasteiger partial charge in [0, 0.05) is 18.3 Å². The van der Waals surface area contributed by atoms with Crippen LogP contribution in [0.15, 0.2) is 24.3 Å². The fourth-order valence-corrected chi connectivity index (χ4v) is 1.60. The highest BCUT2D eigenvalue weighted by molar-refractivity contribution is 5.68. The zero-order valence-electron chi connectivity index (χ0n) is 12.4. The summed E-state index contributed by atoms with van der Waals surface area (Å²) < 4.78 is 5.42. The normalized spacial score (nSPS) is 11.5. The number of nitrogens with two attached hydrogens (primary N) is 1. The Morgan fingerprint density at radius 2 is 1.79 bits per heavy atom. The first-order valence-corrected chi connectivity index (χ1v) is 6.53. The van der Waals surface area contributed by atoms with E-state index < -0.39 is 5.60 Å². The Morgan fingerprint density at radius 1 is 1.26 bits per heavy atom. The van der Waals surface area contributed by atoms with E-state index in [1.165, 1.54) is 0 Å². The first kappa shape index (κ1) is 15.3. The largest absolute Gasteiger partial charge is 0.444 e. The minimum atomic E-state index is -0.481. The van der Waals surface area contributed by atoms with Crippen molar-refractivity contribution in [3.05, 3.63) is 29.8 Å². The maximum atomic E-state index is 12.2. The highest BCUT2D eigenvalue weighted by Crippen LogP contribution is 2.15. The van der Waals surface area contributed by atoms with Crippen molar-refractivity contribution in [1.29, 1.82) is 0 Å². The summed E-state index contributed by atoms with van der Waals surface area (Å²) in [6.07, 6.45) is -0.292. The van der Waals surface area contributed by atoms with Crippen LogP contribution in [0.5, 0.6) is 0 Å².